The summed E-state index contributed by atoms with van der Waals surface area (Å²) in [7, 11) is 0. The molecule has 18 heavy (non-hydrogen) atoms. The van der Waals surface area contributed by atoms with Gasteiger partial charge in [-0.15, -0.1) is 0 Å². The summed E-state index contributed by atoms with van der Waals surface area (Å²) in [5.41, 5.74) is 0. The maximum absolute atomic E-state index is 12.4. The Morgan fingerprint density at radius 1 is 1.17 bits per heavy atom. The predicted molar refractivity (Wildman–Crippen MR) is 69.4 cm³/mol. The predicted octanol–water partition coefficient (Wildman–Crippen LogP) is 1.30. The highest BCUT2D eigenvalue weighted by Gasteiger charge is 2.34. The van der Waals surface area contributed by atoms with Crippen molar-refractivity contribution in [2.24, 2.45) is 0 Å². The van der Waals surface area contributed by atoms with E-state index in [4.69, 9.17) is 4.74 Å². The Morgan fingerprint density at radius 2 is 2.06 bits per heavy atom. The lowest BCUT2D eigenvalue weighted by Gasteiger charge is -2.36. The van der Waals surface area contributed by atoms with Crippen molar-refractivity contribution in [2.75, 3.05) is 19.7 Å². The van der Waals surface area contributed by atoms with Gasteiger partial charge in [0.25, 0.3) is 0 Å². The second kappa shape index (κ2) is 5.57. The molecule has 2 aliphatic heterocycles. The topological polar surface area (TPSA) is 41.6 Å². The van der Waals surface area contributed by atoms with Crippen LogP contribution in [0.1, 0.15) is 44.9 Å². The van der Waals surface area contributed by atoms with E-state index >= 15 is 0 Å². The van der Waals surface area contributed by atoms with Crippen molar-refractivity contribution in [1.82, 2.24) is 10.2 Å². The Bertz CT molecular complexity index is 298. The highest BCUT2D eigenvalue weighted by molar-refractivity contribution is 5.82. The maximum Gasteiger partial charge on any atom is 0.239 e. The molecular formula is C14H24N2O2. The van der Waals surface area contributed by atoms with Crippen molar-refractivity contribution >= 4 is 5.91 Å². The molecule has 4 nitrogen and oxygen atoms in total. The highest BCUT2D eigenvalue weighted by Crippen LogP contribution is 2.23. The van der Waals surface area contributed by atoms with Crippen LogP contribution >= 0.6 is 0 Å². The van der Waals surface area contributed by atoms with Crippen molar-refractivity contribution < 1.29 is 9.53 Å². The summed E-state index contributed by atoms with van der Waals surface area (Å²) in [6.45, 7) is 2.60. The van der Waals surface area contributed by atoms with Crippen LogP contribution in [0.15, 0.2) is 0 Å². The highest BCUT2D eigenvalue weighted by atomic mass is 16.5. The minimum absolute atomic E-state index is 0.0786. The number of piperidine rings is 1. The number of rotatable bonds is 4. The van der Waals surface area contributed by atoms with Crippen molar-refractivity contribution in [3.63, 3.8) is 0 Å². The van der Waals surface area contributed by atoms with Crippen molar-refractivity contribution in [1.29, 1.82) is 0 Å². The van der Waals surface area contributed by atoms with Crippen LogP contribution in [0.25, 0.3) is 0 Å². The minimum Gasteiger partial charge on any atom is -0.376 e. The Kier molecular flexibility index (Phi) is 3.85. The molecule has 1 saturated carbocycles. The first-order chi connectivity index (χ1) is 8.83. The molecule has 2 saturated heterocycles. The summed E-state index contributed by atoms with van der Waals surface area (Å²) in [6, 6.07) is 0.694. The van der Waals surface area contributed by atoms with E-state index < -0.39 is 0 Å². The van der Waals surface area contributed by atoms with E-state index in [1.165, 1.54) is 25.7 Å². The largest absolute Gasteiger partial charge is 0.376 e. The van der Waals surface area contributed by atoms with Gasteiger partial charge in [-0.05, 0) is 44.9 Å². The number of amides is 1. The number of ether oxygens (including phenoxy) is 1. The van der Waals surface area contributed by atoms with Gasteiger partial charge in [-0.1, -0.05) is 0 Å². The smallest absolute Gasteiger partial charge is 0.239 e. The van der Waals surface area contributed by atoms with Crippen molar-refractivity contribution in [3.05, 3.63) is 0 Å². The van der Waals surface area contributed by atoms with Crippen LogP contribution in [-0.2, 0) is 9.53 Å². The van der Waals surface area contributed by atoms with Gasteiger partial charge in [0.2, 0.25) is 5.91 Å². The third-order valence-electron chi connectivity index (χ3n) is 4.24. The summed E-state index contributed by atoms with van der Waals surface area (Å²) in [5.74, 6) is 0.308. The fraction of sp³-hybridized carbons (Fsp3) is 0.929. The van der Waals surface area contributed by atoms with Gasteiger partial charge in [-0.3, -0.25) is 4.79 Å². The molecule has 3 fully saturated rings. The van der Waals surface area contributed by atoms with Gasteiger partial charge < -0.3 is 15.0 Å². The quantitative estimate of drug-likeness (QED) is 0.820. The van der Waals surface area contributed by atoms with E-state index in [1.807, 2.05) is 4.90 Å². The summed E-state index contributed by atoms with van der Waals surface area (Å²) in [5, 5.41) is 3.48. The molecule has 102 valence electrons. The van der Waals surface area contributed by atoms with E-state index in [1.54, 1.807) is 0 Å². The second-order valence-electron chi connectivity index (χ2n) is 5.91. The molecule has 2 atom stereocenters. The first-order valence-corrected chi connectivity index (χ1v) is 7.49. The van der Waals surface area contributed by atoms with E-state index in [9.17, 15) is 4.79 Å². The fourth-order valence-electron chi connectivity index (χ4n) is 3.01. The van der Waals surface area contributed by atoms with Crippen LogP contribution in [0.4, 0.5) is 0 Å². The summed E-state index contributed by atoms with van der Waals surface area (Å²) < 4.78 is 5.74. The van der Waals surface area contributed by atoms with E-state index in [0.29, 0.717) is 11.9 Å². The Hall–Kier alpha value is -0.610. The van der Waals surface area contributed by atoms with Crippen LogP contribution < -0.4 is 5.32 Å². The first-order valence-electron chi connectivity index (χ1n) is 7.49. The average Bonchev–Trinajstić information content (AvgIpc) is 3.20. The monoisotopic (exact) mass is 252 g/mol. The van der Waals surface area contributed by atoms with E-state index in [0.717, 1.165) is 39.0 Å². The zero-order chi connectivity index (χ0) is 12.4. The Balaban J connectivity index is 1.51. The van der Waals surface area contributed by atoms with Gasteiger partial charge in [0.15, 0.2) is 0 Å². The summed E-state index contributed by atoms with van der Waals surface area (Å²) in [6.07, 6.45) is 8.45. The Labute approximate surface area is 109 Å². The molecule has 3 rings (SSSR count). The molecule has 0 spiro atoms. The van der Waals surface area contributed by atoms with Gasteiger partial charge >= 0.3 is 0 Å². The molecule has 4 heteroatoms. The second-order valence-corrected chi connectivity index (χ2v) is 5.91. The van der Waals surface area contributed by atoms with Crippen molar-refractivity contribution in [3.8, 4) is 0 Å². The van der Waals surface area contributed by atoms with Gasteiger partial charge in [0, 0.05) is 25.7 Å². The molecule has 2 heterocycles. The molecule has 0 bridgehead atoms. The zero-order valence-corrected chi connectivity index (χ0v) is 11.1. The number of hydrogen-bond acceptors (Lipinski definition) is 3. The molecule has 1 N–H and O–H groups in total. The summed E-state index contributed by atoms with van der Waals surface area (Å²) in [4.78, 5) is 14.4. The molecular weight excluding hydrogens is 228 g/mol. The Morgan fingerprint density at radius 3 is 2.78 bits per heavy atom. The molecule has 1 aliphatic carbocycles. The average molecular weight is 252 g/mol. The van der Waals surface area contributed by atoms with Crippen molar-refractivity contribution in [2.45, 2.75) is 63.1 Å². The number of carbonyl (C=O) groups is 1. The minimum atomic E-state index is 0.0786. The van der Waals surface area contributed by atoms with Crippen LogP contribution in [0.2, 0.25) is 0 Å². The van der Waals surface area contributed by atoms with Crippen LogP contribution in [0, 0.1) is 0 Å². The number of nitrogens with one attached hydrogen (secondary N) is 1. The summed E-state index contributed by atoms with van der Waals surface area (Å²) >= 11 is 0. The van der Waals surface area contributed by atoms with E-state index in [2.05, 4.69) is 5.32 Å². The number of nitrogens with zero attached hydrogens (tertiary/aromatic N) is 1. The SMILES string of the molecule is O=C1C(NC2CC2)CCCN1CC1CCCCO1. The molecule has 0 aromatic carbocycles. The molecule has 2 unspecified atom stereocenters. The third-order valence-corrected chi connectivity index (χ3v) is 4.24. The van der Waals surface area contributed by atoms with Crippen LogP contribution in [0.5, 0.6) is 0 Å². The third kappa shape index (κ3) is 3.04. The number of likely N-dealkylation sites (tertiary alicyclic amines) is 1. The maximum atomic E-state index is 12.4. The van der Waals surface area contributed by atoms with Gasteiger partial charge in [-0.25, -0.2) is 0 Å². The van der Waals surface area contributed by atoms with Crippen LogP contribution in [0.3, 0.4) is 0 Å². The lowest BCUT2D eigenvalue weighted by Crippen LogP contribution is -2.53. The fourth-order valence-corrected chi connectivity index (χ4v) is 3.01. The zero-order valence-electron chi connectivity index (χ0n) is 11.1. The molecule has 0 aromatic heterocycles. The number of hydrogen-bond donors (Lipinski definition) is 1. The van der Waals surface area contributed by atoms with Gasteiger partial charge in [0.05, 0.1) is 12.1 Å². The van der Waals surface area contributed by atoms with Crippen LogP contribution in [-0.4, -0.2) is 48.7 Å². The normalized spacial score (nSPS) is 33.8. The number of carbonyl (C=O) groups excluding carboxylic acids is 1. The molecule has 1 amide bonds. The van der Waals surface area contributed by atoms with Gasteiger partial charge in [-0.2, -0.15) is 0 Å². The first kappa shape index (κ1) is 12.4. The molecule has 0 radical (unpaired) electrons. The lowest BCUT2D eigenvalue weighted by molar-refractivity contribution is -0.138. The van der Waals surface area contributed by atoms with Gasteiger partial charge in [0.1, 0.15) is 0 Å². The standard InChI is InChI=1S/C14H24N2O2/c17-14-13(15-11-6-7-11)5-3-8-16(14)10-12-4-1-2-9-18-12/h11-13,15H,1-10H2. The van der Waals surface area contributed by atoms with E-state index in [-0.39, 0.29) is 12.1 Å². The lowest BCUT2D eigenvalue weighted by atomic mass is 10.0. The molecule has 3 aliphatic rings. The molecule has 0 aromatic rings.